The van der Waals surface area contributed by atoms with E-state index in [4.69, 9.17) is 77.4 Å². The highest BCUT2D eigenvalue weighted by atomic mass is 79.9. The summed E-state index contributed by atoms with van der Waals surface area (Å²) in [7, 11) is 0. The van der Waals surface area contributed by atoms with Crippen molar-refractivity contribution in [1.29, 1.82) is 0 Å². The van der Waals surface area contributed by atoms with Crippen LogP contribution in [-0.2, 0) is 12.4 Å². The van der Waals surface area contributed by atoms with Crippen molar-refractivity contribution in [3.05, 3.63) is 265 Å². The zero-order valence-corrected chi connectivity index (χ0v) is 89.2. The van der Waals surface area contributed by atoms with Gasteiger partial charge in [0.25, 0.3) is 0 Å². The van der Waals surface area contributed by atoms with Crippen LogP contribution in [0.15, 0.2) is 211 Å². The van der Waals surface area contributed by atoms with Gasteiger partial charge in [-0.3, -0.25) is 0 Å². The Hall–Kier alpha value is -7.89. The van der Waals surface area contributed by atoms with Gasteiger partial charge < -0.3 is 42.6 Å². The van der Waals surface area contributed by atoms with E-state index in [1.165, 1.54) is 74.3 Å². The summed E-state index contributed by atoms with van der Waals surface area (Å²) >= 11 is 21.2. The van der Waals surface area contributed by atoms with Crippen molar-refractivity contribution >= 4 is 50.7 Å². The Morgan fingerprint density at radius 1 is 0.239 bits per heavy atom. The quantitative estimate of drug-likeness (QED) is 0.0274. The van der Waals surface area contributed by atoms with E-state index >= 15 is 0 Å². The number of halogens is 10. The van der Waals surface area contributed by atoms with Crippen LogP contribution in [0, 0.1) is 87.9 Å². The van der Waals surface area contributed by atoms with E-state index in [1.807, 2.05) is 154 Å². The van der Waals surface area contributed by atoms with Gasteiger partial charge in [-0.25, -0.2) is 0 Å². The number of hydrogen-bond donors (Lipinski definition) is 0. The molecule has 0 bridgehead atoms. The molecule has 0 fully saturated rings. The zero-order valence-electron chi connectivity index (χ0n) is 85.4. The Morgan fingerprint density at radius 3 is 0.806 bits per heavy atom. The minimum atomic E-state index is -4.31. The molecule has 0 radical (unpaired) electrons. The highest BCUT2D eigenvalue weighted by molar-refractivity contribution is 9.10. The third-order valence-electron chi connectivity index (χ3n) is 20.0. The van der Waals surface area contributed by atoms with E-state index in [0.29, 0.717) is 30.8 Å². The fraction of sp³-hybridized carbons (Fsp3) is 0.530. The molecular weight excluding hydrogens is 1830 g/mol. The molecule has 134 heavy (non-hydrogen) atoms. The maximum absolute atomic E-state index is 12.4. The number of aryl methyl sites for hydroxylation is 5. The van der Waals surface area contributed by atoms with Crippen LogP contribution in [0.1, 0.15) is 279 Å². The lowest BCUT2D eigenvalue weighted by atomic mass is 10.1. The summed E-state index contributed by atoms with van der Waals surface area (Å²) in [4.78, 5) is 0. The minimum Gasteiger partial charge on any atom is -0.494 e. The molecule has 0 unspecified atom stereocenters. The largest absolute Gasteiger partial charge is 0.494 e. The van der Waals surface area contributed by atoms with Gasteiger partial charge in [0.15, 0.2) is 0 Å². The summed E-state index contributed by atoms with van der Waals surface area (Å²) < 4.78 is 125. The van der Waals surface area contributed by atoms with Crippen LogP contribution in [0.5, 0.6) is 51.7 Å². The van der Waals surface area contributed by atoms with Crippen molar-refractivity contribution in [3.63, 3.8) is 0 Å². The summed E-state index contributed by atoms with van der Waals surface area (Å²) in [6.07, 6.45) is 11.8. The molecule has 0 aliphatic rings. The fourth-order valence-corrected chi connectivity index (χ4v) is 12.9. The molecule has 0 aromatic heterocycles. The predicted octanol–water partition coefficient (Wildman–Crippen LogP) is 37.8. The van der Waals surface area contributed by atoms with Gasteiger partial charge in [-0.05, 0) is 383 Å². The smallest absolute Gasteiger partial charge is 0.416 e. The number of benzene rings is 9. The first kappa shape index (κ1) is 124. The Bertz CT molecular complexity index is 4170. The standard InChI is InChI=1S/C14H21ClO.C13H19ClO.2C13H17F3O.2C13H20O.C12H17BrO.C12H17ClO.C12H18O/c1-10(2)6-5-7-16-13-8-11(3)14(15)12(4)9-13;1-10(2)5-4-8-15-12-6-7-13(14)11(3)9-12;1-10(2)5-4-8-17-12-7-3-6-11(9-12)13(14,15)16;1-10(2)4-3-9-17-12-7-5-11(6-8-12)13(14,15)16;1-11(2)6-5-9-14-13-8-4-7-12(3)10-13;1-11(2)5-4-10-14-13-8-6-12(3)7-9-13;2*1-10(2)4-3-9-14-12-7-5-11(13)6-8-12;1-11(2)7-6-10-13-12-8-4-3-5-9-12/h8-10H,5-7H2,1-4H3;6-7,9-10H,4-5,8H2,1-3H3;3,6-7,9-10H,4-5,8H2,1-2H3;5-8,10H,3-4,9H2,1-2H3;4,7-8,10-11H,5-6,9H2,1-3H3;6-9,11H,4-5,10H2,1-3H3;2*5-8,10H,3-4,9H2,1-2H3;3-5,8-9,11H,6-7,10H2,1-2H3. The first-order valence-corrected chi connectivity index (χ1v) is 50.6. The van der Waals surface area contributed by atoms with Gasteiger partial charge in [0.1, 0.15) is 51.7 Å². The highest BCUT2D eigenvalue weighted by Crippen LogP contribution is 2.34. The van der Waals surface area contributed by atoms with E-state index in [9.17, 15) is 26.3 Å². The molecule has 0 heterocycles. The number of hydrogen-bond acceptors (Lipinski definition) is 9. The first-order chi connectivity index (χ1) is 63.4. The maximum Gasteiger partial charge on any atom is 0.416 e. The molecule has 0 saturated carbocycles. The molecule has 9 nitrogen and oxygen atoms in total. The SMILES string of the molecule is CC(C)CCCOc1ccc(Br)cc1.CC(C)CCCOc1ccc(C(F)(F)F)cc1.CC(C)CCCOc1ccc(Cl)cc1.CC(C)CCCOc1cccc(C(F)(F)F)c1.CC(C)CCCOc1ccccc1.Cc1cc(OCCCC(C)C)cc(C)c1Cl.Cc1cc(OCCCC(C)C)ccc1Cl.Cc1ccc(OCCCC(C)C)cc1.Cc1cccc(OCCCC(C)C)c1. The number of rotatable bonds is 45. The summed E-state index contributed by atoms with van der Waals surface area (Å²) in [6.45, 7) is 56.6. The number of ether oxygens (including phenoxy) is 9. The van der Waals surface area contributed by atoms with Gasteiger partial charge >= 0.3 is 12.4 Å². The van der Waals surface area contributed by atoms with Crippen molar-refractivity contribution in [1.82, 2.24) is 0 Å². The topological polar surface area (TPSA) is 83.1 Å². The molecule has 0 N–H and O–H groups in total. The molecule has 9 aromatic rings. The second-order valence-electron chi connectivity index (χ2n) is 37.6. The van der Waals surface area contributed by atoms with E-state index in [2.05, 4.69) is 179 Å². The Labute approximate surface area is 830 Å². The summed E-state index contributed by atoms with van der Waals surface area (Å²) in [5.74, 6) is 14.0. The van der Waals surface area contributed by atoms with Crippen LogP contribution < -0.4 is 42.6 Å². The van der Waals surface area contributed by atoms with E-state index in [-0.39, 0.29) is 5.75 Å². The number of para-hydroxylation sites is 1. The summed E-state index contributed by atoms with van der Waals surface area (Å²) in [5.41, 5.74) is 4.45. The summed E-state index contributed by atoms with van der Waals surface area (Å²) in [6, 6.07) is 61.5. The van der Waals surface area contributed by atoms with Crippen LogP contribution in [0.25, 0.3) is 0 Å². The van der Waals surface area contributed by atoms with Gasteiger partial charge in [-0.1, -0.05) is 229 Å². The Morgan fingerprint density at radius 2 is 0.493 bits per heavy atom. The number of alkyl halides is 6. The second kappa shape index (κ2) is 74.2. The average molecular weight is 1990 g/mol. The third-order valence-corrected chi connectivity index (χ3v) is 21.8. The molecule has 750 valence electrons. The Kier molecular flexibility index (Phi) is 68.8. The highest BCUT2D eigenvalue weighted by Gasteiger charge is 2.31. The second-order valence-corrected chi connectivity index (χ2v) is 39.8. The lowest BCUT2D eigenvalue weighted by Gasteiger charge is -2.10. The Balaban J connectivity index is 0.000000755. The molecule has 0 amide bonds. The van der Waals surface area contributed by atoms with Crippen LogP contribution in [0.3, 0.4) is 0 Å². The van der Waals surface area contributed by atoms with Gasteiger partial charge in [-0.2, -0.15) is 26.3 Å². The van der Waals surface area contributed by atoms with Gasteiger partial charge in [0.2, 0.25) is 0 Å². The van der Waals surface area contributed by atoms with Crippen LogP contribution in [0.2, 0.25) is 15.1 Å². The molecule has 0 spiro atoms. The first-order valence-electron chi connectivity index (χ1n) is 48.6. The monoisotopic (exact) mass is 1990 g/mol. The normalized spacial score (nSPS) is 10.9. The van der Waals surface area contributed by atoms with Crippen molar-refractivity contribution in [3.8, 4) is 51.7 Å². The van der Waals surface area contributed by atoms with Gasteiger partial charge in [0.05, 0.1) is 70.6 Å². The van der Waals surface area contributed by atoms with Crippen molar-refractivity contribution in [2.45, 2.75) is 287 Å². The van der Waals surface area contributed by atoms with Crippen LogP contribution >= 0.6 is 50.7 Å². The maximum atomic E-state index is 12.4. The molecule has 9 rings (SSSR count). The minimum absolute atomic E-state index is 0.281. The molecule has 0 aliphatic carbocycles. The van der Waals surface area contributed by atoms with E-state index in [0.717, 1.165) is 259 Å². The lowest BCUT2D eigenvalue weighted by molar-refractivity contribution is -0.138. The third kappa shape index (κ3) is 69.8. The predicted molar refractivity (Wildman–Crippen MR) is 561 cm³/mol. The van der Waals surface area contributed by atoms with E-state index in [1.54, 1.807) is 6.07 Å². The molecule has 19 heteroatoms. The fourth-order valence-electron chi connectivity index (χ4n) is 12.3. The van der Waals surface area contributed by atoms with Crippen molar-refractivity contribution in [2.24, 2.45) is 53.3 Å². The van der Waals surface area contributed by atoms with Crippen molar-refractivity contribution in [2.75, 3.05) is 59.5 Å². The lowest BCUT2D eigenvalue weighted by Crippen LogP contribution is -2.05. The molecule has 9 aromatic carbocycles. The zero-order chi connectivity index (χ0) is 100. The van der Waals surface area contributed by atoms with Gasteiger partial charge in [0, 0.05) is 19.5 Å². The summed E-state index contributed by atoms with van der Waals surface area (Å²) in [5, 5.41) is 2.39. The molecule has 0 aliphatic heterocycles. The van der Waals surface area contributed by atoms with Crippen LogP contribution in [-0.4, -0.2) is 59.5 Å². The van der Waals surface area contributed by atoms with Crippen molar-refractivity contribution < 1.29 is 69.0 Å². The molecular formula is C115H166BrCl3F6O9. The van der Waals surface area contributed by atoms with E-state index < -0.39 is 23.5 Å². The van der Waals surface area contributed by atoms with Gasteiger partial charge in [-0.15, -0.1) is 0 Å². The molecule has 0 atom stereocenters. The van der Waals surface area contributed by atoms with Crippen LogP contribution in [0.4, 0.5) is 26.3 Å². The average Bonchev–Trinajstić information content (AvgIpc) is 0.860. The molecule has 0 saturated heterocycles.